The molecule has 0 atom stereocenters. The Labute approximate surface area is 138 Å². The van der Waals surface area contributed by atoms with E-state index < -0.39 is 0 Å². The maximum atomic E-state index is 12.2. The number of ether oxygens (including phenoxy) is 1. The molecule has 0 radical (unpaired) electrons. The molecular weight excluding hydrogens is 312 g/mol. The van der Waals surface area contributed by atoms with Crippen molar-refractivity contribution in [3.05, 3.63) is 40.5 Å². The maximum absolute atomic E-state index is 12.2. The van der Waals surface area contributed by atoms with E-state index in [4.69, 9.17) is 9.15 Å². The van der Waals surface area contributed by atoms with E-state index in [-0.39, 0.29) is 5.91 Å². The lowest BCUT2D eigenvalue weighted by atomic mass is 10.1. The first-order valence-corrected chi connectivity index (χ1v) is 8.37. The molecule has 1 aromatic heterocycles. The van der Waals surface area contributed by atoms with Gasteiger partial charge in [0.1, 0.15) is 11.3 Å². The monoisotopic (exact) mass is 328 g/mol. The topological polar surface area (TPSA) is 55.0 Å². The number of hydrogen-bond donors (Lipinski definition) is 0. The standard InChI is InChI=1S/C17H16N2O3S/c1-11-13(12-4-2-3-5-14(12)22-11)10-15-16(20)18-17(23-15)19-6-8-21-9-7-19/h2-5,10H,6-9H2,1H3/b15-10-. The fourth-order valence-corrected chi connectivity index (χ4v) is 3.73. The minimum absolute atomic E-state index is 0.179. The van der Waals surface area contributed by atoms with Crippen LogP contribution in [0.5, 0.6) is 0 Å². The second kappa shape index (κ2) is 5.86. The van der Waals surface area contributed by atoms with Crippen LogP contribution in [0.3, 0.4) is 0 Å². The molecule has 0 saturated carbocycles. The van der Waals surface area contributed by atoms with E-state index in [9.17, 15) is 4.79 Å². The van der Waals surface area contributed by atoms with E-state index in [1.807, 2.05) is 37.3 Å². The summed E-state index contributed by atoms with van der Waals surface area (Å²) in [5.74, 6) is 0.632. The van der Waals surface area contributed by atoms with E-state index in [1.165, 1.54) is 11.8 Å². The Bertz CT molecular complexity index is 831. The molecule has 23 heavy (non-hydrogen) atoms. The summed E-state index contributed by atoms with van der Waals surface area (Å²) in [6.07, 6.45) is 1.89. The van der Waals surface area contributed by atoms with Crippen LogP contribution in [0, 0.1) is 6.92 Å². The molecule has 0 spiro atoms. The summed E-state index contributed by atoms with van der Waals surface area (Å²) >= 11 is 1.43. The smallest absolute Gasteiger partial charge is 0.286 e. The highest BCUT2D eigenvalue weighted by Gasteiger charge is 2.27. The van der Waals surface area contributed by atoms with Gasteiger partial charge in [-0.05, 0) is 30.8 Å². The second-order valence-corrected chi connectivity index (χ2v) is 6.49. The van der Waals surface area contributed by atoms with Crippen molar-refractivity contribution in [3.8, 4) is 0 Å². The maximum Gasteiger partial charge on any atom is 0.286 e. The van der Waals surface area contributed by atoms with Gasteiger partial charge in [-0.25, -0.2) is 0 Å². The van der Waals surface area contributed by atoms with Crippen LogP contribution in [0.25, 0.3) is 17.0 Å². The molecule has 2 aromatic rings. The number of aryl methyl sites for hydroxylation is 1. The van der Waals surface area contributed by atoms with Crippen LogP contribution in [0.15, 0.2) is 38.6 Å². The molecule has 0 bridgehead atoms. The molecule has 0 unspecified atom stereocenters. The van der Waals surface area contributed by atoms with E-state index >= 15 is 0 Å². The highest BCUT2D eigenvalue weighted by Crippen LogP contribution is 2.34. The number of fused-ring (bicyclic) bond motifs is 1. The number of benzene rings is 1. The number of rotatable bonds is 1. The Morgan fingerprint density at radius 1 is 1.26 bits per heavy atom. The summed E-state index contributed by atoms with van der Waals surface area (Å²) in [4.78, 5) is 19.2. The fourth-order valence-electron chi connectivity index (χ4n) is 2.79. The Morgan fingerprint density at radius 3 is 2.87 bits per heavy atom. The summed E-state index contributed by atoms with van der Waals surface area (Å²) in [6.45, 7) is 4.83. The number of thioether (sulfide) groups is 1. The van der Waals surface area contributed by atoms with Crippen LogP contribution in [-0.2, 0) is 9.53 Å². The van der Waals surface area contributed by atoms with Crippen molar-refractivity contribution in [1.82, 2.24) is 4.90 Å². The zero-order chi connectivity index (χ0) is 15.8. The van der Waals surface area contributed by atoms with Crippen molar-refractivity contribution in [2.45, 2.75) is 6.92 Å². The van der Waals surface area contributed by atoms with E-state index in [0.29, 0.717) is 18.1 Å². The lowest BCUT2D eigenvalue weighted by Gasteiger charge is -2.27. The highest BCUT2D eigenvalue weighted by atomic mass is 32.2. The van der Waals surface area contributed by atoms with Crippen LogP contribution in [0.2, 0.25) is 0 Å². The highest BCUT2D eigenvalue weighted by molar-refractivity contribution is 8.18. The first-order chi connectivity index (χ1) is 11.2. The Balaban J connectivity index is 1.64. The van der Waals surface area contributed by atoms with Gasteiger partial charge in [0.2, 0.25) is 0 Å². The number of hydrogen-bond acceptors (Lipinski definition) is 5. The van der Waals surface area contributed by atoms with Crippen LogP contribution in [0.1, 0.15) is 11.3 Å². The largest absolute Gasteiger partial charge is 0.461 e. The molecule has 6 heteroatoms. The van der Waals surface area contributed by atoms with Gasteiger partial charge in [-0.1, -0.05) is 18.2 Å². The average Bonchev–Trinajstić information content (AvgIpc) is 3.10. The number of aliphatic imine (C=N–C) groups is 1. The van der Waals surface area contributed by atoms with Crippen LogP contribution in [0.4, 0.5) is 0 Å². The Morgan fingerprint density at radius 2 is 2.04 bits per heavy atom. The predicted molar refractivity (Wildman–Crippen MR) is 91.4 cm³/mol. The zero-order valence-corrected chi connectivity index (χ0v) is 13.6. The van der Waals surface area contributed by atoms with Crippen LogP contribution >= 0.6 is 11.8 Å². The predicted octanol–water partition coefficient (Wildman–Crippen LogP) is 3.04. The van der Waals surface area contributed by atoms with Gasteiger partial charge in [0, 0.05) is 24.0 Å². The summed E-state index contributed by atoms with van der Waals surface area (Å²) in [6, 6.07) is 7.85. The van der Waals surface area contributed by atoms with Gasteiger partial charge in [0.25, 0.3) is 5.91 Å². The van der Waals surface area contributed by atoms with Crippen molar-refractivity contribution < 1.29 is 13.9 Å². The minimum atomic E-state index is -0.179. The summed E-state index contributed by atoms with van der Waals surface area (Å²) in [7, 11) is 0. The molecule has 5 nitrogen and oxygen atoms in total. The second-order valence-electron chi connectivity index (χ2n) is 5.48. The number of para-hydroxylation sites is 1. The fraction of sp³-hybridized carbons (Fsp3) is 0.294. The van der Waals surface area contributed by atoms with Crippen LogP contribution < -0.4 is 0 Å². The molecule has 2 aliphatic rings. The molecule has 1 aromatic carbocycles. The van der Waals surface area contributed by atoms with Gasteiger partial charge >= 0.3 is 0 Å². The molecule has 1 fully saturated rings. The van der Waals surface area contributed by atoms with Crippen molar-refractivity contribution in [3.63, 3.8) is 0 Å². The van der Waals surface area contributed by atoms with Crippen molar-refractivity contribution in [2.24, 2.45) is 4.99 Å². The number of carbonyl (C=O) groups excluding carboxylic acids is 1. The van der Waals surface area contributed by atoms with Gasteiger partial charge in [-0.3, -0.25) is 4.79 Å². The van der Waals surface area contributed by atoms with Gasteiger partial charge in [0.05, 0.1) is 18.1 Å². The van der Waals surface area contributed by atoms with E-state index in [1.54, 1.807) is 0 Å². The van der Waals surface area contributed by atoms with E-state index in [0.717, 1.165) is 40.6 Å². The number of furan rings is 1. The van der Waals surface area contributed by atoms with Crippen molar-refractivity contribution in [1.29, 1.82) is 0 Å². The van der Waals surface area contributed by atoms with Crippen molar-refractivity contribution in [2.75, 3.05) is 26.3 Å². The molecule has 0 N–H and O–H groups in total. The third-order valence-electron chi connectivity index (χ3n) is 3.99. The summed E-state index contributed by atoms with van der Waals surface area (Å²) in [5, 5.41) is 1.79. The average molecular weight is 328 g/mol. The van der Waals surface area contributed by atoms with Gasteiger partial charge in [-0.2, -0.15) is 4.99 Å². The molecule has 4 rings (SSSR count). The SMILES string of the molecule is Cc1oc2ccccc2c1/C=C1\SC(N2CCOCC2)=NC1=O. The molecule has 0 aliphatic carbocycles. The number of amidine groups is 1. The van der Waals surface area contributed by atoms with Crippen molar-refractivity contribution >= 4 is 39.9 Å². The lowest BCUT2D eigenvalue weighted by Crippen LogP contribution is -2.38. The number of morpholine rings is 1. The molecule has 118 valence electrons. The molecular formula is C17H16N2O3S. The Hall–Kier alpha value is -2.05. The van der Waals surface area contributed by atoms with Gasteiger partial charge in [-0.15, -0.1) is 0 Å². The minimum Gasteiger partial charge on any atom is -0.461 e. The normalized spacial score (nSPS) is 20.6. The molecule has 1 saturated heterocycles. The van der Waals surface area contributed by atoms with Crippen LogP contribution in [-0.4, -0.2) is 42.3 Å². The Kier molecular flexibility index (Phi) is 3.71. The lowest BCUT2D eigenvalue weighted by molar-refractivity contribution is -0.113. The first kappa shape index (κ1) is 14.5. The molecule has 1 amide bonds. The van der Waals surface area contributed by atoms with E-state index in [2.05, 4.69) is 9.89 Å². The zero-order valence-electron chi connectivity index (χ0n) is 12.7. The first-order valence-electron chi connectivity index (χ1n) is 7.56. The van der Waals surface area contributed by atoms with Gasteiger partial charge < -0.3 is 14.1 Å². The summed E-state index contributed by atoms with van der Waals surface area (Å²) < 4.78 is 11.1. The quantitative estimate of drug-likeness (QED) is 0.753. The number of carbonyl (C=O) groups is 1. The number of amides is 1. The third-order valence-corrected chi connectivity index (χ3v) is 5.03. The molecule has 2 aliphatic heterocycles. The number of nitrogens with zero attached hydrogens (tertiary/aromatic N) is 2. The third kappa shape index (κ3) is 2.68. The van der Waals surface area contributed by atoms with Gasteiger partial charge in [0.15, 0.2) is 5.17 Å². The molecule has 3 heterocycles. The summed E-state index contributed by atoms with van der Waals surface area (Å²) in [5.41, 5.74) is 1.79.